The predicted molar refractivity (Wildman–Crippen MR) is 107 cm³/mol. The number of morpholine rings is 1. The molecule has 1 saturated heterocycles. The topological polar surface area (TPSA) is 56.7 Å². The lowest BCUT2D eigenvalue weighted by Gasteiger charge is -2.26. The summed E-state index contributed by atoms with van der Waals surface area (Å²) >= 11 is 5.11. The second-order valence-electron chi connectivity index (χ2n) is 5.87. The van der Waals surface area contributed by atoms with Gasteiger partial charge in [0.15, 0.2) is 11.5 Å². The number of hydrogen-bond acceptors (Lipinski definition) is 7. The fourth-order valence-corrected chi connectivity index (χ4v) is 4.44. The third-order valence-corrected chi connectivity index (χ3v) is 5.95. The molecule has 0 radical (unpaired) electrons. The largest absolute Gasteiger partial charge is 0.493 e. The molecule has 0 spiro atoms. The second-order valence-corrected chi connectivity index (χ2v) is 7.47. The maximum Gasteiger partial charge on any atom is 0.161 e. The second kappa shape index (κ2) is 7.38. The molecule has 0 amide bonds. The summed E-state index contributed by atoms with van der Waals surface area (Å²) in [5.74, 6) is 1.36. The first-order valence-electron chi connectivity index (χ1n) is 8.21. The van der Waals surface area contributed by atoms with Crippen molar-refractivity contribution in [1.29, 1.82) is 0 Å². The number of hydrogen-bond donors (Lipinski definition) is 0. The highest BCUT2D eigenvalue weighted by atomic mass is 79.9. The van der Waals surface area contributed by atoms with Gasteiger partial charge >= 0.3 is 0 Å². The predicted octanol–water partition coefficient (Wildman–Crippen LogP) is 3.97. The molecular weight excluding hydrogens is 418 g/mol. The Labute approximate surface area is 164 Å². The van der Waals surface area contributed by atoms with Crippen LogP contribution in [0.25, 0.3) is 22.2 Å². The van der Waals surface area contributed by atoms with E-state index in [4.69, 9.17) is 19.2 Å². The van der Waals surface area contributed by atoms with Gasteiger partial charge in [0.2, 0.25) is 0 Å². The standard InChI is InChI=1S/C18H18BrN3O3S/c1-23-15-8-12(13(19)9-16(15)24-2)11-7-14-17(20-10-11)18(26-21-14)22-3-5-25-6-4-22/h7-10H,3-6H2,1-2H3. The molecule has 1 aromatic carbocycles. The molecule has 26 heavy (non-hydrogen) atoms. The van der Waals surface area contributed by atoms with E-state index in [1.54, 1.807) is 14.2 Å². The van der Waals surface area contributed by atoms with Crippen LogP contribution < -0.4 is 14.4 Å². The van der Waals surface area contributed by atoms with Crippen molar-refractivity contribution in [2.75, 3.05) is 45.4 Å². The van der Waals surface area contributed by atoms with Gasteiger partial charge in [0.05, 0.1) is 27.4 Å². The van der Waals surface area contributed by atoms with Crippen molar-refractivity contribution in [3.05, 3.63) is 28.9 Å². The maximum atomic E-state index is 5.44. The number of halogens is 1. The van der Waals surface area contributed by atoms with Gasteiger partial charge < -0.3 is 19.1 Å². The van der Waals surface area contributed by atoms with Crippen LogP contribution in [0.5, 0.6) is 11.5 Å². The van der Waals surface area contributed by atoms with Gasteiger partial charge in [-0.3, -0.25) is 4.98 Å². The summed E-state index contributed by atoms with van der Waals surface area (Å²) in [6.07, 6.45) is 1.88. The van der Waals surface area contributed by atoms with Gasteiger partial charge in [-0.15, -0.1) is 0 Å². The zero-order valence-corrected chi connectivity index (χ0v) is 16.9. The highest BCUT2D eigenvalue weighted by Crippen LogP contribution is 2.40. The molecule has 0 bridgehead atoms. The van der Waals surface area contributed by atoms with Crippen LogP contribution in [0.15, 0.2) is 28.9 Å². The molecule has 6 nitrogen and oxygen atoms in total. The summed E-state index contributed by atoms with van der Waals surface area (Å²) in [5.41, 5.74) is 3.80. The maximum absolute atomic E-state index is 5.44. The summed E-state index contributed by atoms with van der Waals surface area (Å²) in [6.45, 7) is 3.25. The lowest BCUT2D eigenvalue weighted by Crippen LogP contribution is -2.35. The van der Waals surface area contributed by atoms with E-state index in [1.807, 2.05) is 18.3 Å². The molecular formula is C18H18BrN3O3S. The first-order chi connectivity index (χ1) is 12.7. The van der Waals surface area contributed by atoms with E-state index in [2.05, 4.69) is 31.3 Å². The molecule has 1 aliphatic rings. The normalized spacial score (nSPS) is 14.7. The highest BCUT2D eigenvalue weighted by Gasteiger charge is 2.19. The SMILES string of the molecule is COc1cc(Br)c(-c2cnc3c(N4CCOCC4)snc3c2)cc1OC. The smallest absolute Gasteiger partial charge is 0.161 e. The van der Waals surface area contributed by atoms with Crippen molar-refractivity contribution < 1.29 is 14.2 Å². The lowest BCUT2D eigenvalue weighted by molar-refractivity contribution is 0.123. The zero-order chi connectivity index (χ0) is 18.1. The number of aromatic nitrogens is 2. The Morgan fingerprint density at radius 2 is 1.85 bits per heavy atom. The number of anilines is 1. The number of ether oxygens (including phenoxy) is 3. The molecule has 8 heteroatoms. The molecule has 0 unspecified atom stereocenters. The van der Waals surface area contributed by atoms with Gasteiger partial charge in [-0.25, -0.2) is 0 Å². The van der Waals surface area contributed by atoms with Gasteiger partial charge in [-0.05, 0) is 29.7 Å². The summed E-state index contributed by atoms with van der Waals surface area (Å²) in [5, 5.41) is 1.11. The van der Waals surface area contributed by atoms with E-state index >= 15 is 0 Å². The molecule has 0 atom stereocenters. The van der Waals surface area contributed by atoms with Crippen molar-refractivity contribution in [3.63, 3.8) is 0 Å². The Morgan fingerprint density at radius 3 is 2.58 bits per heavy atom. The zero-order valence-electron chi connectivity index (χ0n) is 14.5. The summed E-state index contributed by atoms with van der Waals surface area (Å²) in [4.78, 5) is 7.00. The third-order valence-electron chi connectivity index (χ3n) is 4.38. The van der Waals surface area contributed by atoms with E-state index in [9.17, 15) is 0 Å². The summed E-state index contributed by atoms with van der Waals surface area (Å²) in [6, 6.07) is 5.91. The van der Waals surface area contributed by atoms with Crippen LogP contribution in [0.1, 0.15) is 0 Å². The van der Waals surface area contributed by atoms with Gasteiger partial charge in [0.25, 0.3) is 0 Å². The number of benzene rings is 1. The number of fused-ring (bicyclic) bond motifs is 1. The first-order valence-corrected chi connectivity index (χ1v) is 9.78. The van der Waals surface area contributed by atoms with Crippen LogP contribution in [0.2, 0.25) is 0 Å². The van der Waals surface area contributed by atoms with Crippen molar-refractivity contribution in [2.45, 2.75) is 0 Å². The number of rotatable bonds is 4. The Bertz CT molecular complexity index is 941. The molecule has 1 fully saturated rings. The highest BCUT2D eigenvalue weighted by molar-refractivity contribution is 9.10. The summed E-state index contributed by atoms with van der Waals surface area (Å²) in [7, 11) is 3.26. The molecule has 136 valence electrons. The van der Waals surface area contributed by atoms with Crippen molar-refractivity contribution >= 4 is 43.5 Å². The quantitative estimate of drug-likeness (QED) is 0.617. The fraction of sp³-hybridized carbons (Fsp3) is 0.333. The van der Waals surface area contributed by atoms with Gasteiger partial charge in [-0.1, -0.05) is 15.9 Å². The van der Waals surface area contributed by atoms with Crippen LogP contribution in [-0.4, -0.2) is 49.9 Å². The molecule has 0 aliphatic carbocycles. The van der Waals surface area contributed by atoms with Crippen LogP contribution in [0.4, 0.5) is 5.00 Å². The van der Waals surface area contributed by atoms with Crippen molar-refractivity contribution in [1.82, 2.24) is 9.36 Å². The minimum Gasteiger partial charge on any atom is -0.493 e. The number of nitrogens with zero attached hydrogens (tertiary/aromatic N) is 3. The van der Waals surface area contributed by atoms with Crippen LogP contribution in [0, 0.1) is 0 Å². The Morgan fingerprint density at radius 1 is 1.12 bits per heavy atom. The Kier molecular flexibility index (Phi) is 4.97. The van der Waals surface area contributed by atoms with Gasteiger partial charge in [0, 0.05) is 34.9 Å². The van der Waals surface area contributed by atoms with Gasteiger partial charge in [0.1, 0.15) is 16.0 Å². The lowest BCUT2D eigenvalue weighted by atomic mass is 10.1. The number of methoxy groups -OCH3 is 2. The fourth-order valence-electron chi connectivity index (χ4n) is 3.02. The molecule has 3 aromatic rings. The molecule has 3 heterocycles. The van der Waals surface area contributed by atoms with E-state index in [-0.39, 0.29) is 0 Å². The average Bonchev–Trinajstić information content (AvgIpc) is 3.11. The number of pyridine rings is 1. The molecule has 1 aliphatic heterocycles. The minimum absolute atomic E-state index is 0.679. The summed E-state index contributed by atoms with van der Waals surface area (Å²) < 4.78 is 21.7. The minimum atomic E-state index is 0.679. The van der Waals surface area contributed by atoms with Crippen molar-refractivity contribution in [2.24, 2.45) is 0 Å². The average molecular weight is 436 g/mol. The van der Waals surface area contributed by atoms with E-state index < -0.39 is 0 Å². The first kappa shape index (κ1) is 17.5. The Balaban J connectivity index is 1.74. The monoisotopic (exact) mass is 435 g/mol. The van der Waals surface area contributed by atoms with E-state index in [0.717, 1.165) is 57.9 Å². The van der Waals surface area contributed by atoms with Crippen LogP contribution in [-0.2, 0) is 4.74 Å². The molecule has 0 saturated carbocycles. The molecule has 2 aromatic heterocycles. The van der Waals surface area contributed by atoms with E-state index in [0.29, 0.717) is 11.5 Å². The third kappa shape index (κ3) is 3.13. The van der Waals surface area contributed by atoms with Gasteiger partial charge in [-0.2, -0.15) is 4.37 Å². The van der Waals surface area contributed by atoms with Crippen LogP contribution in [0.3, 0.4) is 0 Å². The Hall–Kier alpha value is -1.90. The van der Waals surface area contributed by atoms with E-state index in [1.165, 1.54) is 11.5 Å². The van der Waals surface area contributed by atoms with Crippen molar-refractivity contribution in [3.8, 4) is 22.6 Å². The molecule has 0 N–H and O–H groups in total. The molecule has 4 rings (SSSR count). The van der Waals surface area contributed by atoms with Crippen LogP contribution >= 0.6 is 27.5 Å².